The van der Waals surface area contributed by atoms with Crippen LogP contribution in [-0.4, -0.2) is 11.4 Å². The summed E-state index contributed by atoms with van der Waals surface area (Å²) in [6.45, 7) is 3.99. The molecule has 84 valence electrons. The predicted octanol–water partition coefficient (Wildman–Crippen LogP) is 0.796. The second-order valence-electron chi connectivity index (χ2n) is 3.26. The number of hydrogen-bond acceptors (Lipinski definition) is 9. The van der Waals surface area contributed by atoms with E-state index in [0.717, 1.165) is 6.42 Å². The Hall–Kier alpha value is -0.360. The molecule has 0 aromatic heterocycles. The highest BCUT2D eigenvalue weighted by Gasteiger charge is 2.48. The van der Waals surface area contributed by atoms with Crippen molar-refractivity contribution in [3.63, 3.8) is 0 Å². The lowest BCUT2D eigenvalue weighted by Gasteiger charge is -2.01. The van der Waals surface area contributed by atoms with Gasteiger partial charge in [0.1, 0.15) is 6.10 Å². The largest absolute Gasteiger partial charge is 0.219 e. The first-order chi connectivity index (χ1) is 6.67. The number of hydrogen-bond donors (Lipinski definition) is 1. The number of rotatable bonds is 8. The van der Waals surface area contributed by atoms with Crippen molar-refractivity contribution >= 4 is 0 Å². The van der Waals surface area contributed by atoms with Gasteiger partial charge in [-0.2, -0.15) is 4.89 Å². The van der Waals surface area contributed by atoms with Crippen LogP contribution in [0.3, 0.4) is 0 Å². The zero-order chi connectivity index (χ0) is 10.4. The van der Waals surface area contributed by atoms with Crippen molar-refractivity contribution in [3.8, 4) is 0 Å². The average Bonchev–Trinajstić information content (AvgIpc) is 2.73. The molecule has 0 spiro atoms. The van der Waals surface area contributed by atoms with Gasteiger partial charge in [0.15, 0.2) is 0 Å². The molecule has 0 aromatic rings. The molecular formula is C5H10O9. The molecule has 1 unspecified atom stereocenters. The molecule has 9 nitrogen and oxygen atoms in total. The minimum Gasteiger partial charge on any atom is -0.219 e. The van der Waals surface area contributed by atoms with E-state index in [4.69, 9.17) is 5.26 Å². The van der Waals surface area contributed by atoms with Gasteiger partial charge in [-0.3, -0.25) is 0 Å². The van der Waals surface area contributed by atoms with Crippen LogP contribution in [0.4, 0.5) is 0 Å². The Labute approximate surface area is 78.3 Å². The van der Waals surface area contributed by atoms with Crippen molar-refractivity contribution in [2.24, 2.45) is 5.41 Å². The quantitative estimate of drug-likeness (QED) is 0.357. The van der Waals surface area contributed by atoms with Crippen LogP contribution < -0.4 is 0 Å². The van der Waals surface area contributed by atoms with Crippen LogP contribution in [0, 0.1) is 5.41 Å². The Bertz CT molecular complexity index is 159. The van der Waals surface area contributed by atoms with Crippen LogP contribution in [0.25, 0.3) is 0 Å². The summed E-state index contributed by atoms with van der Waals surface area (Å²) in [5, 5.41) is 32.5. The van der Waals surface area contributed by atoms with E-state index in [2.05, 4.69) is 40.2 Å². The second-order valence-corrected chi connectivity index (χ2v) is 3.26. The summed E-state index contributed by atoms with van der Waals surface area (Å²) in [6, 6.07) is 0. The molecule has 9 heteroatoms. The Balaban J connectivity index is 1.77. The van der Waals surface area contributed by atoms with Crippen LogP contribution in [0.15, 0.2) is 0 Å². The summed E-state index contributed by atoms with van der Waals surface area (Å²) in [4.78, 5) is 4.67. The molecule has 1 atom stereocenters. The molecule has 0 amide bonds. The van der Waals surface area contributed by atoms with Gasteiger partial charge in [-0.25, -0.2) is 5.26 Å². The molecule has 0 heterocycles. The third-order valence-electron chi connectivity index (χ3n) is 1.75. The zero-order valence-corrected chi connectivity index (χ0v) is 7.50. The Kier molecular flexibility index (Phi) is 4.60. The third kappa shape index (κ3) is 4.23. The van der Waals surface area contributed by atoms with Gasteiger partial charge in [0, 0.05) is 0 Å². The Morgan fingerprint density at radius 2 is 1.50 bits per heavy atom. The van der Waals surface area contributed by atoms with Gasteiger partial charge < -0.3 is 0 Å². The summed E-state index contributed by atoms with van der Waals surface area (Å²) in [6.07, 6.45) is 0.805. The highest BCUT2D eigenvalue weighted by molar-refractivity contribution is 4.95. The van der Waals surface area contributed by atoms with Crippen LogP contribution in [0.1, 0.15) is 20.3 Å². The summed E-state index contributed by atoms with van der Waals surface area (Å²) in [5.41, 5.74) is 0.0779. The second kappa shape index (κ2) is 5.50. The molecule has 0 bridgehead atoms. The maximum atomic E-state index is 7.53. The van der Waals surface area contributed by atoms with Crippen molar-refractivity contribution in [2.75, 3.05) is 0 Å². The van der Waals surface area contributed by atoms with Crippen LogP contribution in [-0.2, 0) is 40.2 Å². The highest BCUT2D eigenvalue weighted by atomic mass is 17.9. The van der Waals surface area contributed by atoms with E-state index >= 15 is 0 Å². The first kappa shape index (κ1) is 11.7. The highest BCUT2D eigenvalue weighted by Crippen LogP contribution is 2.47. The summed E-state index contributed by atoms with van der Waals surface area (Å²) >= 11 is 0. The van der Waals surface area contributed by atoms with E-state index in [0.29, 0.717) is 0 Å². The molecule has 1 saturated carbocycles. The minimum atomic E-state index is -0.0518. The first-order valence-electron chi connectivity index (χ1n) is 3.64. The third-order valence-corrected chi connectivity index (χ3v) is 1.75. The van der Waals surface area contributed by atoms with Crippen LogP contribution in [0.2, 0.25) is 0 Å². The lowest BCUT2D eigenvalue weighted by Crippen LogP contribution is -2.05. The fourth-order valence-corrected chi connectivity index (χ4v) is 0.704. The summed E-state index contributed by atoms with van der Waals surface area (Å²) in [5.74, 6) is 0. The molecule has 1 aliphatic carbocycles. The average molecular weight is 214 g/mol. The molecule has 0 saturated heterocycles. The SMILES string of the molecule is CC1(C)CC1OOOOOOOOO. The van der Waals surface area contributed by atoms with E-state index in [9.17, 15) is 0 Å². The lowest BCUT2D eigenvalue weighted by atomic mass is 10.2. The minimum absolute atomic E-state index is 0.0518. The maximum absolute atomic E-state index is 7.53. The van der Waals surface area contributed by atoms with Gasteiger partial charge in [0.2, 0.25) is 0 Å². The van der Waals surface area contributed by atoms with E-state index < -0.39 is 0 Å². The van der Waals surface area contributed by atoms with Crippen molar-refractivity contribution < 1.29 is 45.4 Å². The first-order valence-corrected chi connectivity index (χ1v) is 3.64. The van der Waals surface area contributed by atoms with E-state index in [1.807, 2.05) is 13.8 Å². The molecule has 1 aliphatic rings. The summed E-state index contributed by atoms with van der Waals surface area (Å²) in [7, 11) is 0. The molecule has 1 N–H and O–H groups in total. The van der Waals surface area contributed by atoms with E-state index in [1.54, 1.807) is 0 Å². The smallest absolute Gasteiger partial charge is 0.102 e. The molecule has 1 rings (SSSR count). The molecule has 0 aromatic carbocycles. The molecular weight excluding hydrogens is 204 g/mol. The van der Waals surface area contributed by atoms with Gasteiger partial charge in [0.25, 0.3) is 0 Å². The molecule has 0 aliphatic heterocycles. The maximum Gasteiger partial charge on any atom is 0.102 e. The van der Waals surface area contributed by atoms with E-state index in [1.165, 1.54) is 0 Å². The van der Waals surface area contributed by atoms with Crippen LogP contribution >= 0.6 is 0 Å². The van der Waals surface area contributed by atoms with Gasteiger partial charge in [-0.1, -0.05) is 13.8 Å². The fourth-order valence-electron chi connectivity index (χ4n) is 0.704. The van der Waals surface area contributed by atoms with Gasteiger partial charge in [0.05, 0.1) is 0 Å². The van der Waals surface area contributed by atoms with Crippen molar-refractivity contribution in [1.29, 1.82) is 0 Å². The molecule has 1 fully saturated rings. The van der Waals surface area contributed by atoms with Crippen LogP contribution in [0.5, 0.6) is 0 Å². The predicted molar refractivity (Wildman–Crippen MR) is 33.5 cm³/mol. The fraction of sp³-hybridized carbons (Fsp3) is 1.00. The Morgan fingerprint density at radius 1 is 1.00 bits per heavy atom. The van der Waals surface area contributed by atoms with Gasteiger partial charge >= 0.3 is 0 Å². The van der Waals surface area contributed by atoms with Gasteiger partial charge in [-0.15, -0.1) is 0 Å². The van der Waals surface area contributed by atoms with Crippen molar-refractivity contribution in [3.05, 3.63) is 0 Å². The topological polar surface area (TPSA) is 94.1 Å². The zero-order valence-electron chi connectivity index (χ0n) is 7.50. The van der Waals surface area contributed by atoms with Gasteiger partial charge in [-0.05, 0) is 47.1 Å². The van der Waals surface area contributed by atoms with E-state index in [-0.39, 0.29) is 11.5 Å². The monoisotopic (exact) mass is 214 g/mol. The normalized spacial score (nSPS) is 23.8. The van der Waals surface area contributed by atoms with Crippen molar-refractivity contribution in [2.45, 2.75) is 26.4 Å². The Morgan fingerprint density at radius 3 is 2.00 bits per heavy atom. The van der Waals surface area contributed by atoms with Crippen molar-refractivity contribution in [1.82, 2.24) is 0 Å². The summed E-state index contributed by atoms with van der Waals surface area (Å²) < 4.78 is 0. The standard InChI is InChI=1S/C5H10O9/c1-5(2)3-4(5)7-9-11-13-14-12-10-8-6/h4,6H,3H2,1-2H3. The lowest BCUT2D eigenvalue weighted by molar-refractivity contribution is -0.830. The molecule has 14 heavy (non-hydrogen) atoms. The molecule has 0 radical (unpaired) electrons.